The molecule has 1 saturated carbocycles. The summed E-state index contributed by atoms with van der Waals surface area (Å²) in [6.45, 7) is 2.14. The summed E-state index contributed by atoms with van der Waals surface area (Å²) in [7, 11) is 1.58. The van der Waals surface area contributed by atoms with Gasteiger partial charge in [0.1, 0.15) is 11.9 Å². The standard InChI is InChI=1S/C21H29NO4S/c1-15(23)26-17-7-10-21(11-8-17,16-9-12-27-13-16)14-22-20(24)18-5-3-4-6-19(18)25-2/h3-6,16-17H,7-14H2,1-2H3,(H,22,24). The molecule has 1 heterocycles. The van der Waals surface area contributed by atoms with Crippen molar-refractivity contribution in [3.8, 4) is 5.75 Å². The largest absolute Gasteiger partial charge is 0.496 e. The van der Waals surface area contributed by atoms with E-state index in [1.807, 2.05) is 30.0 Å². The van der Waals surface area contributed by atoms with E-state index in [4.69, 9.17) is 9.47 Å². The summed E-state index contributed by atoms with van der Waals surface area (Å²) in [5.41, 5.74) is 0.669. The van der Waals surface area contributed by atoms with Gasteiger partial charge in [-0.05, 0) is 67.1 Å². The number of hydrogen-bond acceptors (Lipinski definition) is 5. The third kappa shape index (κ3) is 4.78. The van der Waals surface area contributed by atoms with Crippen molar-refractivity contribution >= 4 is 23.6 Å². The smallest absolute Gasteiger partial charge is 0.302 e. The molecular weight excluding hydrogens is 362 g/mol. The second kappa shape index (κ2) is 9.00. The number of methoxy groups -OCH3 is 1. The van der Waals surface area contributed by atoms with Crippen molar-refractivity contribution in [2.24, 2.45) is 11.3 Å². The van der Waals surface area contributed by atoms with Crippen LogP contribution in [0, 0.1) is 11.3 Å². The summed E-state index contributed by atoms with van der Waals surface area (Å²) >= 11 is 2.00. The molecule has 5 nitrogen and oxygen atoms in total. The van der Waals surface area contributed by atoms with Crippen molar-refractivity contribution in [1.82, 2.24) is 5.32 Å². The minimum absolute atomic E-state index is 0.0228. The molecule has 2 fully saturated rings. The lowest BCUT2D eigenvalue weighted by Crippen LogP contribution is -2.46. The SMILES string of the molecule is COc1ccccc1C(=O)NCC1(C2CCSC2)CCC(OC(C)=O)CC1. The molecule has 0 bridgehead atoms. The summed E-state index contributed by atoms with van der Waals surface area (Å²) in [4.78, 5) is 24.0. The van der Waals surface area contributed by atoms with Gasteiger partial charge in [-0.15, -0.1) is 0 Å². The molecule has 0 spiro atoms. The van der Waals surface area contributed by atoms with Gasteiger partial charge in [0, 0.05) is 13.5 Å². The number of ether oxygens (including phenoxy) is 2. The Morgan fingerprint density at radius 2 is 1.96 bits per heavy atom. The molecule has 3 rings (SSSR count). The molecule has 1 unspecified atom stereocenters. The molecular formula is C21H29NO4S. The van der Waals surface area contributed by atoms with Crippen LogP contribution >= 0.6 is 11.8 Å². The van der Waals surface area contributed by atoms with Gasteiger partial charge in [0.15, 0.2) is 0 Å². The highest BCUT2D eigenvalue weighted by molar-refractivity contribution is 7.99. The molecule has 2 aliphatic rings. The normalized spacial score (nSPS) is 27.8. The topological polar surface area (TPSA) is 64.6 Å². The van der Waals surface area contributed by atoms with E-state index in [0.717, 1.165) is 31.4 Å². The van der Waals surface area contributed by atoms with Crippen LogP contribution in [-0.2, 0) is 9.53 Å². The minimum Gasteiger partial charge on any atom is -0.496 e. The molecule has 0 aromatic heterocycles. The number of para-hydroxylation sites is 1. The zero-order valence-electron chi connectivity index (χ0n) is 16.2. The predicted molar refractivity (Wildman–Crippen MR) is 107 cm³/mol. The van der Waals surface area contributed by atoms with Crippen LogP contribution in [0.4, 0.5) is 0 Å². The number of esters is 1. The van der Waals surface area contributed by atoms with Crippen molar-refractivity contribution in [3.63, 3.8) is 0 Å². The van der Waals surface area contributed by atoms with Gasteiger partial charge in [-0.1, -0.05) is 12.1 Å². The van der Waals surface area contributed by atoms with Crippen LogP contribution in [0.25, 0.3) is 0 Å². The Balaban J connectivity index is 1.68. The Labute approximate surface area is 165 Å². The summed E-state index contributed by atoms with van der Waals surface area (Å²) in [6, 6.07) is 7.32. The lowest BCUT2D eigenvalue weighted by atomic mass is 9.65. The first kappa shape index (κ1) is 20.1. The van der Waals surface area contributed by atoms with Crippen molar-refractivity contribution in [2.45, 2.75) is 45.1 Å². The maximum atomic E-state index is 12.8. The first-order chi connectivity index (χ1) is 13.0. The number of benzene rings is 1. The lowest BCUT2D eigenvalue weighted by molar-refractivity contribution is -0.149. The highest BCUT2D eigenvalue weighted by atomic mass is 32.2. The Morgan fingerprint density at radius 1 is 1.22 bits per heavy atom. The Kier molecular flexibility index (Phi) is 6.68. The molecule has 1 aliphatic carbocycles. The zero-order chi connectivity index (χ0) is 19.3. The quantitative estimate of drug-likeness (QED) is 0.750. The number of amides is 1. The fraction of sp³-hybridized carbons (Fsp3) is 0.619. The van der Waals surface area contributed by atoms with Crippen LogP contribution in [0.1, 0.15) is 49.4 Å². The number of rotatable bonds is 6. The fourth-order valence-electron chi connectivity index (χ4n) is 4.45. The molecule has 1 aliphatic heterocycles. The van der Waals surface area contributed by atoms with E-state index in [0.29, 0.717) is 23.8 Å². The first-order valence-corrected chi connectivity index (χ1v) is 10.9. The van der Waals surface area contributed by atoms with Crippen molar-refractivity contribution in [3.05, 3.63) is 29.8 Å². The van der Waals surface area contributed by atoms with Gasteiger partial charge in [0.25, 0.3) is 5.91 Å². The van der Waals surface area contributed by atoms with Crippen molar-refractivity contribution < 1.29 is 19.1 Å². The van der Waals surface area contributed by atoms with Gasteiger partial charge < -0.3 is 14.8 Å². The van der Waals surface area contributed by atoms with Gasteiger partial charge in [0.2, 0.25) is 0 Å². The van der Waals surface area contributed by atoms with E-state index in [2.05, 4.69) is 5.32 Å². The van der Waals surface area contributed by atoms with Crippen LogP contribution in [-0.4, -0.2) is 43.1 Å². The number of carbonyl (C=O) groups is 2. The number of nitrogens with one attached hydrogen (secondary N) is 1. The first-order valence-electron chi connectivity index (χ1n) is 9.70. The minimum atomic E-state index is -0.201. The van der Waals surface area contributed by atoms with E-state index < -0.39 is 0 Å². The average molecular weight is 392 g/mol. The van der Waals surface area contributed by atoms with Gasteiger partial charge in [0.05, 0.1) is 12.7 Å². The lowest BCUT2D eigenvalue weighted by Gasteiger charge is -2.44. The van der Waals surface area contributed by atoms with Crippen molar-refractivity contribution in [2.75, 3.05) is 25.2 Å². The highest BCUT2D eigenvalue weighted by Gasteiger charge is 2.43. The Morgan fingerprint density at radius 3 is 2.59 bits per heavy atom. The predicted octanol–water partition coefficient (Wildman–Crippen LogP) is 3.67. The van der Waals surface area contributed by atoms with E-state index in [-0.39, 0.29) is 23.4 Å². The molecule has 6 heteroatoms. The van der Waals surface area contributed by atoms with E-state index in [9.17, 15) is 9.59 Å². The third-order valence-corrected chi connectivity index (χ3v) is 7.17. The molecule has 1 aromatic rings. The van der Waals surface area contributed by atoms with Crippen LogP contribution in [0.2, 0.25) is 0 Å². The second-order valence-electron chi connectivity index (χ2n) is 7.61. The molecule has 148 valence electrons. The summed E-state index contributed by atoms with van der Waals surface area (Å²) < 4.78 is 10.7. The van der Waals surface area contributed by atoms with E-state index in [1.54, 1.807) is 13.2 Å². The van der Waals surface area contributed by atoms with Gasteiger partial charge in [-0.2, -0.15) is 11.8 Å². The highest BCUT2D eigenvalue weighted by Crippen LogP contribution is 2.48. The molecule has 1 N–H and O–H groups in total. The van der Waals surface area contributed by atoms with Crippen LogP contribution in [0.15, 0.2) is 24.3 Å². The van der Waals surface area contributed by atoms with Gasteiger partial charge in [-0.25, -0.2) is 0 Å². The van der Waals surface area contributed by atoms with Crippen LogP contribution in [0.3, 0.4) is 0 Å². The van der Waals surface area contributed by atoms with E-state index in [1.165, 1.54) is 19.1 Å². The van der Waals surface area contributed by atoms with Crippen molar-refractivity contribution in [1.29, 1.82) is 0 Å². The van der Waals surface area contributed by atoms with E-state index >= 15 is 0 Å². The summed E-state index contributed by atoms with van der Waals surface area (Å²) in [6.07, 6.45) is 4.96. The molecule has 0 radical (unpaired) electrons. The Hall–Kier alpha value is -1.69. The fourth-order valence-corrected chi connectivity index (χ4v) is 5.87. The zero-order valence-corrected chi connectivity index (χ0v) is 17.0. The maximum absolute atomic E-state index is 12.8. The third-order valence-electron chi connectivity index (χ3n) is 6.01. The molecule has 27 heavy (non-hydrogen) atoms. The number of hydrogen-bond donors (Lipinski definition) is 1. The molecule has 1 amide bonds. The maximum Gasteiger partial charge on any atom is 0.302 e. The monoisotopic (exact) mass is 391 g/mol. The van der Waals surface area contributed by atoms with Crippen LogP contribution in [0.5, 0.6) is 5.75 Å². The second-order valence-corrected chi connectivity index (χ2v) is 8.76. The number of thioether (sulfide) groups is 1. The summed E-state index contributed by atoms with van der Waals surface area (Å²) in [5, 5.41) is 3.18. The Bertz CT molecular complexity index is 664. The molecule has 1 atom stereocenters. The van der Waals surface area contributed by atoms with Crippen LogP contribution < -0.4 is 10.1 Å². The van der Waals surface area contributed by atoms with Gasteiger partial charge >= 0.3 is 5.97 Å². The summed E-state index contributed by atoms with van der Waals surface area (Å²) in [5.74, 6) is 3.27. The molecule has 1 saturated heterocycles. The average Bonchev–Trinajstić information content (AvgIpc) is 3.22. The molecule has 1 aromatic carbocycles. The number of carbonyl (C=O) groups excluding carboxylic acids is 2. The van der Waals surface area contributed by atoms with Gasteiger partial charge in [-0.3, -0.25) is 9.59 Å².